The summed E-state index contributed by atoms with van der Waals surface area (Å²) in [4.78, 5) is -0.162. The Bertz CT molecular complexity index is 787. The zero-order chi connectivity index (χ0) is 15.8. The summed E-state index contributed by atoms with van der Waals surface area (Å²) in [6, 6.07) is 7.71. The molecule has 0 saturated carbocycles. The number of hydrogen-bond donors (Lipinski definition) is 2. The molecule has 0 saturated heterocycles. The first-order valence-electron chi connectivity index (χ1n) is 5.75. The van der Waals surface area contributed by atoms with Gasteiger partial charge in [0.25, 0.3) is 10.0 Å². The summed E-state index contributed by atoms with van der Waals surface area (Å²) in [6.45, 7) is 1.74. The molecule has 0 aromatic heterocycles. The highest BCUT2D eigenvalue weighted by Gasteiger charge is 2.22. The Balaban J connectivity index is 2.52. The molecule has 0 aliphatic rings. The van der Waals surface area contributed by atoms with Crippen molar-refractivity contribution in [1.82, 2.24) is 0 Å². The molecule has 112 valence electrons. The highest BCUT2D eigenvalue weighted by atomic mass is 35.5. The minimum Gasteiger partial charge on any atom is -0.396 e. The lowest BCUT2D eigenvalue weighted by molar-refractivity contribution is 0.601. The summed E-state index contributed by atoms with van der Waals surface area (Å²) >= 11 is 17.8. The van der Waals surface area contributed by atoms with Gasteiger partial charge in [-0.3, -0.25) is 4.72 Å². The van der Waals surface area contributed by atoms with E-state index in [0.29, 0.717) is 11.3 Å². The summed E-state index contributed by atoms with van der Waals surface area (Å²) in [5, 5.41) is 0.351. The summed E-state index contributed by atoms with van der Waals surface area (Å²) < 4.78 is 27.3. The van der Waals surface area contributed by atoms with Crippen molar-refractivity contribution < 1.29 is 8.42 Å². The molecular formula is C13H11Cl3N2O2S. The quantitative estimate of drug-likeness (QED) is 0.795. The fraction of sp³-hybridized carbons (Fsp3) is 0.0769. The molecule has 0 atom stereocenters. The van der Waals surface area contributed by atoms with E-state index in [1.807, 2.05) is 0 Å². The Kier molecular flexibility index (Phi) is 4.58. The van der Waals surface area contributed by atoms with E-state index >= 15 is 0 Å². The zero-order valence-corrected chi connectivity index (χ0v) is 13.9. The van der Waals surface area contributed by atoms with Crippen LogP contribution in [0.1, 0.15) is 5.56 Å². The van der Waals surface area contributed by atoms with Crippen LogP contribution in [-0.4, -0.2) is 8.42 Å². The fourth-order valence-electron chi connectivity index (χ4n) is 1.71. The zero-order valence-electron chi connectivity index (χ0n) is 10.8. The van der Waals surface area contributed by atoms with Crippen LogP contribution in [0.3, 0.4) is 0 Å². The summed E-state index contributed by atoms with van der Waals surface area (Å²) in [7, 11) is -3.93. The lowest BCUT2D eigenvalue weighted by atomic mass is 10.2. The van der Waals surface area contributed by atoms with Gasteiger partial charge in [-0.25, -0.2) is 8.42 Å². The standard InChI is InChI=1S/C13H11Cl3N2O2S/c1-7-3-2-4-9(15)13(7)18-21(19,20)10-6-5-8(14)12(17)11(10)16/h2-6,18H,17H2,1H3. The number of hydrogen-bond acceptors (Lipinski definition) is 3. The number of benzene rings is 2. The van der Waals surface area contributed by atoms with E-state index in [1.165, 1.54) is 12.1 Å². The van der Waals surface area contributed by atoms with Crippen molar-refractivity contribution >= 4 is 56.2 Å². The number of anilines is 2. The minimum absolute atomic E-state index is 0.0112. The van der Waals surface area contributed by atoms with E-state index in [-0.39, 0.29) is 25.7 Å². The maximum absolute atomic E-state index is 12.4. The number of rotatable bonds is 3. The van der Waals surface area contributed by atoms with Crippen LogP contribution in [0.15, 0.2) is 35.2 Å². The average molecular weight is 366 g/mol. The van der Waals surface area contributed by atoms with Crippen LogP contribution in [0.5, 0.6) is 0 Å². The van der Waals surface area contributed by atoms with Crippen LogP contribution in [-0.2, 0) is 10.0 Å². The van der Waals surface area contributed by atoms with E-state index in [9.17, 15) is 8.42 Å². The third-order valence-electron chi connectivity index (χ3n) is 2.84. The van der Waals surface area contributed by atoms with Gasteiger partial charge in [0.05, 0.1) is 26.4 Å². The number of nitrogen functional groups attached to an aromatic ring is 1. The normalized spacial score (nSPS) is 11.4. The Labute approximate surface area is 137 Å². The highest BCUT2D eigenvalue weighted by molar-refractivity contribution is 7.92. The van der Waals surface area contributed by atoms with Gasteiger partial charge in [-0.05, 0) is 30.7 Å². The number of nitrogens with one attached hydrogen (secondary N) is 1. The monoisotopic (exact) mass is 364 g/mol. The van der Waals surface area contributed by atoms with Crippen molar-refractivity contribution in [3.05, 3.63) is 51.0 Å². The van der Waals surface area contributed by atoms with Crippen molar-refractivity contribution in [3.8, 4) is 0 Å². The van der Waals surface area contributed by atoms with Crippen LogP contribution in [0.4, 0.5) is 11.4 Å². The molecule has 0 fully saturated rings. The van der Waals surface area contributed by atoms with E-state index < -0.39 is 10.0 Å². The summed E-state index contributed by atoms with van der Waals surface area (Å²) in [5.74, 6) is 0. The van der Waals surface area contributed by atoms with Crippen molar-refractivity contribution in [2.75, 3.05) is 10.5 Å². The van der Waals surface area contributed by atoms with Crippen molar-refractivity contribution in [1.29, 1.82) is 0 Å². The lowest BCUT2D eigenvalue weighted by Crippen LogP contribution is -2.15. The lowest BCUT2D eigenvalue weighted by Gasteiger charge is -2.14. The maximum atomic E-state index is 12.4. The van der Waals surface area contributed by atoms with Gasteiger partial charge < -0.3 is 5.73 Å². The topological polar surface area (TPSA) is 72.2 Å². The molecule has 21 heavy (non-hydrogen) atoms. The Morgan fingerprint density at radius 2 is 1.71 bits per heavy atom. The van der Waals surface area contributed by atoms with Gasteiger partial charge in [0.1, 0.15) is 4.90 Å². The molecule has 8 heteroatoms. The molecule has 0 aliphatic carbocycles. The van der Waals surface area contributed by atoms with Gasteiger partial charge in [0.2, 0.25) is 0 Å². The number of para-hydroxylation sites is 1. The molecule has 2 rings (SSSR count). The molecule has 2 aromatic carbocycles. The van der Waals surface area contributed by atoms with Crippen LogP contribution < -0.4 is 10.5 Å². The molecule has 0 bridgehead atoms. The van der Waals surface area contributed by atoms with Gasteiger partial charge in [-0.1, -0.05) is 46.9 Å². The second kappa shape index (κ2) is 5.93. The smallest absolute Gasteiger partial charge is 0.263 e. The van der Waals surface area contributed by atoms with Crippen molar-refractivity contribution in [2.24, 2.45) is 0 Å². The van der Waals surface area contributed by atoms with E-state index in [4.69, 9.17) is 40.5 Å². The van der Waals surface area contributed by atoms with Crippen molar-refractivity contribution in [2.45, 2.75) is 11.8 Å². The van der Waals surface area contributed by atoms with Crippen molar-refractivity contribution in [3.63, 3.8) is 0 Å². The SMILES string of the molecule is Cc1cccc(Cl)c1NS(=O)(=O)c1ccc(Cl)c(N)c1Cl. The molecule has 0 spiro atoms. The first-order valence-corrected chi connectivity index (χ1v) is 8.37. The molecule has 4 nitrogen and oxygen atoms in total. The van der Waals surface area contributed by atoms with Crippen LogP contribution in [0.25, 0.3) is 0 Å². The van der Waals surface area contributed by atoms with Crippen LogP contribution in [0.2, 0.25) is 15.1 Å². The van der Waals surface area contributed by atoms with E-state index in [0.717, 1.165) is 0 Å². The molecule has 0 unspecified atom stereocenters. The Hall–Kier alpha value is -1.14. The number of aryl methyl sites for hydroxylation is 1. The fourth-order valence-corrected chi connectivity index (χ4v) is 3.95. The molecule has 3 N–H and O–H groups in total. The largest absolute Gasteiger partial charge is 0.396 e. The molecule has 0 aliphatic heterocycles. The van der Waals surface area contributed by atoms with Gasteiger partial charge >= 0.3 is 0 Å². The first-order chi connectivity index (χ1) is 9.74. The number of nitrogens with two attached hydrogens (primary N) is 1. The third-order valence-corrected chi connectivity index (χ3v) is 5.39. The summed E-state index contributed by atoms with van der Waals surface area (Å²) in [5.41, 5.74) is 6.64. The second-order valence-electron chi connectivity index (χ2n) is 4.31. The minimum atomic E-state index is -3.93. The highest BCUT2D eigenvalue weighted by Crippen LogP contribution is 2.35. The Morgan fingerprint density at radius 3 is 2.33 bits per heavy atom. The maximum Gasteiger partial charge on any atom is 0.263 e. The predicted octanol–water partition coefficient (Wildman–Crippen LogP) is 4.34. The van der Waals surface area contributed by atoms with Gasteiger partial charge in [-0.2, -0.15) is 0 Å². The summed E-state index contributed by atoms with van der Waals surface area (Å²) in [6.07, 6.45) is 0. The van der Waals surface area contributed by atoms with Crippen LogP contribution in [0, 0.1) is 6.92 Å². The second-order valence-corrected chi connectivity index (χ2v) is 7.15. The molecular weight excluding hydrogens is 355 g/mol. The molecule has 0 amide bonds. The van der Waals surface area contributed by atoms with E-state index in [2.05, 4.69) is 4.72 Å². The van der Waals surface area contributed by atoms with Gasteiger partial charge in [0, 0.05) is 0 Å². The first kappa shape index (κ1) is 16.2. The predicted molar refractivity (Wildman–Crippen MR) is 87.9 cm³/mol. The Morgan fingerprint density at radius 1 is 1.05 bits per heavy atom. The average Bonchev–Trinajstić information content (AvgIpc) is 2.40. The molecule has 0 radical (unpaired) electrons. The van der Waals surface area contributed by atoms with Gasteiger partial charge in [0.15, 0.2) is 0 Å². The van der Waals surface area contributed by atoms with Gasteiger partial charge in [-0.15, -0.1) is 0 Å². The number of sulfonamides is 1. The van der Waals surface area contributed by atoms with Crippen LogP contribution >= 0.6 is 34.8 Å². The molecule has 0 heterocycles. The third kappa shape index (κ3) is 3.21. The van der Waals surface area contributed by atoms with E-state index in [1.54, 1.807) is 25.1 Å². The molecule has 2 aromatic rings. The number of halogens is 3.